The molecule has 0 aliphatic rings. The third kappa shape index (κ3) is 2.92. The first kappa shape index (κ1) is 15.2. The quantitative estimate of drug-likeness (QED) is 0.613. The zero-order valence-corrected chi connectivity index (χ0v) is 13.6. The topological polar surface area (TPSA) is 85.1 Å². The lowest BCUT2D eigenvalue weighted by Gasteiger charge is -2.08. The molecule has 0 spiro atoms. The van der Waals surface area contributed by atoms with Crippen LogP contribution in [0.4, 0.5) is 5.69 Å². The number of hydrogen-bond donors (Lipinski definition) is 1. The maximum atomic E-state index is 12.7. The van der Waals surface area contributed by atoms with E-state index in [0.717, 1.165) is 0 Å². The van der Waals surface area contributed by atoms with Crippen molar-refractivity contribution in [2.75, 3.05) is 5.32 Å². The first-order chi connectivity index (χ1) is 12.2. The number of rotatable bonds is 3. The van der Waals surface area contributed by atoms with E-state index in [0.29, 0.717) is 33.6 Å². The zero-order valence-electron chi connectivity index (χ0n) is 12.8. The second-order valence-electron chi connectivity index (χ2n) is 5.19. The minimum absolute atomic E-state index is 0.295. The molecule has 122 valence electrons. The fraction of sp³-hybridized carbons (Fsp3) is 0. The molecule has 1 aromatic carbocycles. The Labute approximate surface area is 147 Å². The molecule has 0 saturated heterocycles. The lowest BCUT2D eigenvalue weighted by molar-refractivity contribution is 0.102. The van der Waals surface area contributed by atoms with E-state index in [1.54, 1.807) is 47.0 Å². The van der Waals surface area contributed by atoms with Crippen molar-refractivity contribution in [1.82, 2.24) is 24.6 Å². The number of aromatic nitrogens is 5. The Morgan fingerprint density at radius 2 is 2.00 bits per heavy atom. The summed E-state index contributed by atoms with van der Waals surface area (Å²) < 4.78 is 1.62. The van der Waals surface area contributed by atoms with E-state index in [4.69, 9.17) is 11.6 Å². The number of nitrogens with one attached hydrogen (secondary N) is 1. The van der Waals surface area contributed by atoms with Crippen LogP contribution in [0.1, 0.15) is 10.5 Å². The molecule has 0 aliphatic heterocycles. The van der Waals surface area contributed by atoms with E-state index in [1.807, 2.05) is 6.07 Å². The van der Waals surface area contributed by atoms with Crippen LogP contribution in [0.15, 0.2) is 61.1 Å². The Morgan fingerprint density at radius 1 is 1.08 bits per heavy atom. The van der Waals surface area contributed by atoms with Crippen LogP contribution in [0.5, 0.6) is 0 Å². The summed E-state index contributed by atoms with van der Waals surface area (Å²) in [5, 5.41) is 11.5. The fourth-order valence-electron chi connectivity index (χ4n) is 2.43. The van der Waals surface area contributed by atoms with Crippen LogP contribution in [-0.4, -0.2) is 30.5 Å². The number of amides is 1. The van der Waals surface area contributed by atoms with Crippen LogP contribution in [-0.2, 0) is 0 Å². The molecule has 1 N–H and O–H groups in total. The zero-order chi connectivity index (χ0) is 17.2. The molecule has 3 heterocycles. The lowest BCUT2D eigenvalue weighted by Crippen LogP contribution is -2.17. The molecule has 0 bridgehead atoms. The molecule has 0 atom stereocenters. The third-order valence-electron chi connectivity index (χ3n) is 3.52. The Kier molecular flexibility index (Phi) is 3.83. The number of carbonyl (C=O) groups is 1. The Morgan fingerprint density at radius 3 is 2.80 bits per heavy atom. The highest BCUT2D eigenvalue weighted by atomic mass is 35.5. The standard InChI is InChI=1S/C17H11ClN6O/c18-11-4-3-5-12(8-11)21-17(25)14-9-19-10-15-22-23-16(24(14)15)13-6-1-2-7-20-13/h1-10H,(H,21,25). The third-order valence-corrected chi connectivity index (χ3v) is 3.76. The second kappa shape index (κ2) is 6.29. The SMILES string of the molecule is O=C(Nc1cccc(Cl)c1)c1cncc2nnc(-c3ccccn3)n12. The van der Waals surface area contributed by atoms with Gasteiger partial charge in [0.1, 0.15) is 11.4 Å². The minimum Gasteiger partial charge on any atom is -0.321 e. The number of hydrogen-bond acceptors (Lipinski definition) is 5. The van der Waals surface area contributed by atoms with Crippen LogP contribution in [0.25, 0.3) is 17.2 Å². The lowest BCUT2D eigenvalue weighted by atomic mass is 10.3. The number of carbonyl (C=O) groups excluding carboxylic acids is 1. The van der Waals surface area contributed by atoms with Gasteiger partial charge in [0.05, 0.1) is 12.4 Å². The summed E-state index contributed by atoms with van der Waals surface area (Å²) in [4.78, 5) is 21.1. The predicted octanol–water partition coefficient (Wildman–Crippen LogP) is 3.09. The van der Waals surface area contributed by atoms with Crippen LogP contribution in [0.2, 0.25) is 5.02 Å². The number of benzene rings is 1. The number of fused-ring (bicyclic) bond motifs is 1. The Hall–Kier alpha value is -3.32. The molecule has 1 amide bonds. The van der Waals surface area contributed by atoms with E-state index < -0.39 is 0 Å². The Balaban J connectivity index is 1.79. The molecule has 0 unspecified atom stereocenters. The van der Waals surface area contributed by atoms with Gasteiger partial charge in [0.25, 0.3) is 5.91 Å². The van der Waals surface area contributed by atoms with E-state index >= 15 is 0 Å². The summed E-state index contributed by atoms with van der Waals surface area (Å²) in [7, 11) is 0. The average molecular weight is 351 g/mol. The van der Waals surface area contributed by atoms with Crippen LogP contribution < -0.4 is 5.32 Å². The number of nitrogens with zero attached hydrogens (tertiary/aromatic N) is 5. The summed E-state index contributed by atoms with van der Waals surface area (Å²) in [6.07, 6.45) is 4.65. The molecule has 25 heavy (non-hydrogen) atoms. The van der Waals surface area contributed by atoms with Gasteiger partial charge in [-0.2, -0.15) is 0 Å². The van der Waals surface area contributed by atoms with Crippen molar-refractivity contribution in [1.29, 1.82) is 0 Å². The predicted molar refractivity (Wildman–Crippen MR) is 93.4 cm³/mol. The number of anilines is 1. The number of halogens is 1. The molecule has 8 heteroatoms. The van der Waals surface area contributed by atoms with Gasteiger partial charge in [0, 0.05) is 16.9 Å². The summed E-state index contributed by atoms with van der Waals surface area (Å²) in [6, 6.07) is 12.4. The van der Waals surface area contributed by atoms with Gasteiger partial charge < -0.3 is 5.32 Å². The maximum absolute atomic E-state index is 12.7. The van der Waals surface area contributed by atoms with Crippen LogP contribution in [0.3, 0.4) is 0 Å². The first-order valence-corrected chi connectivity index (χ1v) is 7.77. The molecule has 0 aliphatic carbocycles. The summed E-state index contributed by atoms with van der Waals surface area (Å²) in [6.45, 7) is 0. The molecular formula is C17H11ClN6O. The van der Waals surface area contributed by atoms with Gasteiger partial charge in [-0.3, -0.25) is 19.2 Å². The van der Waals surface area contributed by atoms with Crippen LogP contribution >= 0.6 is 11.6 Å². The monoisotopic (exact) mass is 350 g/mol. The van der Waals surface area contributed by atoms with E-state index in [-0.39, 0.29) is 5.91 Å². The molecular weight excluding hydrogens is 340 g/mol. The summed E-state index contributed by atoms with van der Waals surface area (Å²) in [5.41, 5.74) is 1.95. The summed E-state index contributed by atoms with van der Waals surface area (Å²) in [5.74, 6) is 0.117. The Bertz CT molecular complexity index is 1060. The van der Waals surface area contributed by atoms with Gasteiger partial charge in [0.15, 0.2) is 11.5 Å². The van der Waals surface area contributed by atoms with Crippen molar-refractivity contribution >= 4 is 28.8 Å². The molecule has 3 aromatic heterocycles. The van der Waals surface area contributed by atoms with Crippen molar-refractivity contribution in [2.45, 2.75) is 0 Å². The highest BCUT2D eigenvalue weighted by Gasteiger charge is 2.17. The smallest absolute Gasteiger partial charge is 0.274 e. The molecule has 4 rings (SSSR count). The van der Waals surface area contributed by atoms with Crippen molar-refractivity contribution in [3.8, 4) is 11.5 Å². The fourth-order valence-corrected chi connectivity index (χ4v) is 2.62. The normalized spacial score (nSPS) is 10.8. The van der Waals surface area contributed by atoms with Gasteiger partial charge in [-0.15, -0.1) is 10.2 Å². The van der Waals surface area contributed by atoms with E-state index in [9.17, 15) is 4.79 Å². The average Bonchev–Trinajstić information content (AvgIpc) is 3.06. The van der Waals surface area contributed by atoms with Crippen molar-refractivity contribution in [3.05, 3.63) is 71.8 Å². The molecule has 7 nitrogen and oxygen atoms in total. The van der Waals surface area contributed by atoms with Crippen molar-refractivity contribution in [2.24, 2.45) is 0 Å². The second-order valence-corrected chi connectivity index (χ2v) is 5.63. The molecule has 0 saturated carbocycles. The van der Waals surface area contributed by atoms with Gasteiger partial charge >= 0.3 is 0 Å². The molecule has 0 radical (unpaired) electrons. The van der Waals surface area contributed by atoms with Crippen molar-refractivity contribution < 1.29 is 4.79 Å². The number of pyridine rings is 1. The van der Waals surface area contributed by atoms with E-state index in [2.05, 4.69) is 25.5 Å². The minimum atomic E-state index is -0.350. The highest BCUT2D eigenvalue weighted by Crippen LogP contribution is 2.19. The van der Waals surface area contributed by atoms with Gasteiger partial charge in [0.2, 0.25) is 0 Å². The molecule has 0 fully saturated rings. The van der Waals surface area contributed by atoms with Gasteiger partial charge in [-0.25, -0.2) is 0 Å². The highest BCUT2D eigenvalue weighted by molar-refractivity contribution is 6.30. The summed E-state index contributed by atoms with van der Waals surface area (Å²) >= 11 is 5.96. The van der Waals surface area contributed by atoms with Gasteiger partial charge in [-0.05, 0) is 30.3 Å². The largest absolute Gasteiger partial charge is 0.321 e. The molecule has 4 aromatic rings. The van der Waals surface area contributed by atoms with Crippen LogP contribution in [0, 0.1) is 0 Å². The van der Waals surface area contributed by atoms with Gasteiger partial charge in [-0.1, -0.05) is 23.7 Å². The van der Waals surface area contributed by atoms with Crippen molar-refractivity contribution in [3.63, 3.8) is 0 Å². The maximum Gasteiger partial charge on any atom is 0.274 e. The van der Waals surface area contributed by atoms with E-state index in [1.165, 1.54) is 12.4 Å². The first-order valence-electron chi connectivity index (χ1n) is 7.40.